The van der Waals surface area contributed by atoms with Gasteiger partial charge < -0.3 is 14.6 Å². The number of nitrogens with zero attached hydrogens (tertiary/aromatic N) is 3. The summed E-state index contributed by atoms with van der Waals surface area (Å²) in [4.78, 5) is 28.4. The average molecular weight is 536 g/mol. The minimum absolute atomic E-state index is 0.231. The molecule has 1 aromatic heterocycles. The van der Waals surface area contributed by atoms with Crippen molar-refractivity contribution in [1.29, 1.82) is 5.26 Å². The van der Waals surface area contributed by atoms with E-state index in [1.165, 1.54) is 17.0 Å². The molecule has 6 nitrogen and oxygen atoms in total. The molecule has 1 amide bonds. The number of hydrogen-bond donors (Lipinski definition) is 1. The predicted octanol–water partition coefficient (Wildman–Crippen LogP) is 6.19. The smallest absolute Gasteiger partial charge is 0.263 e. The van der Waals surface area contributed by atoms with Gasteiger partial charge in [-0.3, -0.25) is 9.59 Å². The zero-order valence-electron chi connectivity index (χ0n) is 21.6. The average Bonchev–Trinajstić information content (AvgIpc) is 3.39. The number of carbonyl (C=O) groups excluding carboxylic acids is 1. The lowest BCUT2D eigenvalue weighted by atomic mass is 9.98. The van der Waals surface area contributed by atoms with E-state index >= 15 is 0 Å². The zero-order valence-corrected chi connectivity index (χ0v) is 22.3. The molecule has 2 atom stereocenters. The molecule has 2 heterocycles. The minimum atomic E-state index is -0.569. The van der Waals surface area contributed by atoms with Crippen LogP contribution in [0.4, 0.5) is 4.39 Å². The molecule has 4 rings (SSSR count). The first kappa shape index (κ1) is 27.4. The van der Waals surface area contributed by atoms with Crippen LogP contribution in [0.25, 0.3) is 0 Å². The molecule has 0 aliphatic carbocycles. The summed E-state index contributed by atoms with van der Waals surface area (Å²) < 4.78 is 16.2. The van der Waals surface area contributed by atoms with E-state index in [9.17, 15) is 24.3 Å². The van der Waals surface area contributed by atoms with Gasteiger partial charge in [0.25, 0.3) is 5.91 Å². The molecule has 2 aromatic carbocycles. The highest BCUT2D eigenvalue weighted by atomic mass is 35.5. The maximum atomic E-state index is 14.5. The van der Waals surface area contributed by atoms with E-state index in [2.05, 4.69) is 6.07 Å². The summed E-state index contributed by atoms with van der Waals surface area (Å²) in [6.07, 6.45) is 3.37. The van der Waals surface area contributed by atoms with E-state index in [1.807, 2.05) is 19.9 Å². The molecule has 0 bridgehead atoms. The van der Waals surface area contributed by atoms with Crippen LogP contribution in [-0.4, -0.2) is 33.6 Å². The van der Waals surface area contributed by atoms with Gasteiger partial charge in [0, 0.05) is 35.8 Å². The number of amides is 1. The number of aryl methyl sites for hydroxylation is 1. The maximum absolute atomic E-state index is 14.5. The SMILES string of the molecule is CCCCc1cc(=O)c(C(=O)N2CCC(c3ccc(Cl)cc3F)C2)c(O)n1C(CC)c1cccc(C#N)c1. The van der Waals surface area contributed by atoms with Crippen molar-refractivity contribution in [1.82, 2.24) is 9.47 Å². The first-order valence-corrected chi connectivity index (χ1v) is 13.4. The van der Waals surface area contributed by atoms with E-state index in [1.54, 1.807) is 34.9 Å². The van der Waals surface area contributed by atoms with Gasteiger partial charge in [-0.1, -0.05) is 50.1 Å². The summed E-state index contributed by atoms with van der Waals surface area (Å²) in [5.74, 6) is -1.60. The number of hydrogen-bond acceptors (Lipinski definition) is 4. The van der Waals surface area contributed by atoms with Crippen molar-refractivity contribution in [2.24, 2.45) is 0 Å². The van der Waals surface area contributed by atoms with Gasteiger partial charge >= 0.3 is 0 Å². The normalized spacial score (nSPS) is 15.9. The van der Waals surface area contributed by atoms with Crippen LogP contribution < -0.4 is 5.43 Å². The first-order chi connectivity index (χ1) is 18.3. The number of carbonyl (C=O) groups is 1. The van der Waals surface area contributed by atoms with Crippen molar-refractivity contribution in [3.05, 3.63) is 97.5 Å². The van der Waals surface area contributed by atoms with Gasteiger partial charge in [0.05, 0.1) is 17.7 Å². The van der Waals surface area contributed by atoms with Crippen molar-refractivity contribution in [2.45, 2.75) is 57.9 Å². The van der Waals surface area contributed by atoms with Crippen LogP contribution in [0, 0.1) is 17.1 Å². The molecule has 0 saturated carbocycles. The van der Waals surface area contributed by atoms with Crippen LogP contribution in [0.2, 0.25) is 5.02 Å². The summed E-state index contributed by atoms with van der Waals surface area (Å²) in [5.41, 5.74) is 1.60. The molecule has 1 fully saturated rings. The van der Waals surface area contributed by atoms with Gasteiger partial charge in [-0.15, -0.1) is 0 Å². The predicted molar refractivity (Wildman–Crippen MR) is 145 cm³/mol. The molecule has 8 heteroatoms. The molecule has 1 saturated heterocycles. The number of halogens is 2. The fourth-order valence-electron chi connectivity index (χ4n) is 5.33. The number of aromatic hydroxyl groups is 1. The Hall–Kier alpha value is -3.63. The van der Waals surface area contributed by atoms with Crippen LogP contribution in [0.15, 0.2) is 53.3 Å². The number of rotatable bonds is 8. The summed E-state index contributed by atoms with van der Waals surface area (Å²) in [6.45, 7) is 4.57. The zero-order chi connectivity index (χ0) is 27.4. The molecule has 2 unspecified atom stereocenters. The quantitative estimate of drug-likeness (QED) is 0.372. The third kappa shape index (κ3) is 5.46. The minimum Gasteiger partial charge on any atom is -0.494 e. The number of aromatic nitrogens is 1. The molecule has 1 aliphatic heterocycles. The lowest BCUT2D eigenvalue weighted by Gasteiger charge is -2.27. The lowest BCUT2D eigenvalue weighted by Crippen LogP contribution is -2.34. The highest BCUT2D eigenvalue weighted by Crippen LogP contribution is 2.34. The van der Waals surface area contributed by atoms with Crippen LogP contribution in [0.3, 0.4) is 0 Å². The van der Waals surface area contributed by atoms with E-state index in [0.717, 1.165) is 18.4 Å². The standard InChI is InChI=1S/C30H31ClFN3O3/c1-3-5-9-23-16-27(36)28(30(38)35(23)26(4-2)20-8-6-7-19(14-20)17-33)29(37)34-13-12-21(18-34)24-11-10-22(31)15-25(24)32/h6-8,10-11,14-16,21,26,38H,3-5,9,12-13,18H2,1-2H3. The van der Waals surface area contributed by atoms with Crippen LogP contribution in [0.5, 0.6) is 5.88 Å². The van der Waals surface area contributed by atoms with Crippen LogP contribution in [0.1, 0.15) is 84.2 Å². The van der Waals surface area contributed by atoms with Gasteiger partial charge in [0.2, 0.25) is 5.88 Å². The first-order valence-electron chi connectivity index (χ1n) is 13.0. The summed E-state index contributed by atoms with van der Waals surface area (Å²) in [7, 11) is 0. The Kier molecular flexibility index (Phi) is 8.53. The van der Waals surface area contributed by atoms with E-state index < -0.39 is 17.2 Å². The fourth-order valence-corrected chi connectivity index (χ4v) is 5.49. The largest absolute Gasteiger partial charge is 0.494 e. The molecule has 38 heavy (non-hydrogen) atoms. The van der Waals surface area contributed by atoms with Crippen LogP contribution in [-0.2, 0) is 6.42 Å². The van der Waals surface area contributed by atoms with Crippen molar-refractivity contribution in [3.8, 4) is 11.9 Å². The second kappa shape index (κ2) is 11.8. The Balaban J connectivity index is 1.74. The summed E-state index contributed by atoms with van der Waals surface area (Å²) in [5, 5.41) is 21.2. The summed E-state index contributed by atoms with van der Waals surface area (Å²) >= 11 is 5.89. The highest BCUT2D eigenvalue weighted by molar-refractivity contribution is 6.30. The third-order valence-electron chi connectivity index (χ3n) is 7.28. The molecule has 3 aromatic rings. The Morgan fingerprint density at radius 3 is 2.71 bits per heavy atom. The molecule has 1 aliphatic rings. The van der Waals surface area contributed by atoms with E-state index in [0.29, 0.717) is 47.7 Å². The maximum Gasteiger partial charge on any atom is 0.263 e. The van der Waals surface area contributed by atoms with E-state index in [-0.39, 0.29) is 29.9 Å². The fraction of sp³-hybridized carbons (Fsp3) is 0.367. The van der Waals surface area contributed by atoms with Crippen molar-refractivity contribution in [3.63, 3.8) is 0 Å². The molecule has 198 valence electrons. The molecule has 0 radical (unpaired) electrons. The second-order valence-corrected chi connectivity index (χ2v) is 10.2. The highest BCUT2D eigenvalue weighted by Gasteiger charge is 2.33. The summed E-state index contributed by atoms with van der Waals surface area (Å²) in [6, 6.07) is 14.9. The van der Waals surface area contributed by atoms with Gasteiger partial charge in [0.15, 0.2) is 5.43 Å². The number of nitriles is 1. The molecule has 1 N–H and O–H groups in total. The Bertz CT molecular complexity index is 1450. The van der Waals surface area contributed by atoms with Crippen molar-refractivity contribution >= 4 is 17.5 Å². The number of benzene rings is 2. The molecular weight excluding hydrogens is 505 g/mol. The monoisotopic (exact) mass is 535 g/mol. The number of pyridine rings is 1. The lowest BCUT2D eigenvalue weighted by molar-refractivity contribution is 0.0784. The second-order valence-electron chi connectivity index (χ2n) is 9.74. The van der Waals surface area contributed by atoms with Crippen molar-refractivity contribution in [2.75, 3.05) is 13.1 Å². The molecule has 0 spiro atoms. The van der Waals surface area contributed by atoms with Gasteiger partial charge in [-0.2, -0.15) is 5.26 Å². The third-order valence-corrected chi connectivity index (χ3v) is 7.52. The van der Waals surface area contributed by atoms with Gasteiger partial charge in [0.1, 0.15) is 11.4 Å². The van der Waals surface area contributed by atoms with E-state index in [4.69, 9.17) is 11.6 Å². The Labute approximate surface area is 226 Å². The topological polar surface area (TPSA) is 86.3 Å². The molecular formula is C30H31ClFN3O3. The van der Waals surface area contributed by atoms with Gasteiger partial charge in [-0.25, -0.2) is 4.39 Å². The van der Waals surface area contributed by atoms with Crippen LogP contribution >= 0.6 is 11.6 Å². The number of likely N-dealkylation sites (tertiary alicyclic amines) is 1. The Morgan fingerprint density at radius 1 is 1.24 bits per heavy atom. The Morgan fingerprint density at radius 2 is 2.03 bits per heavy atom. The van der Waals surface area contributed by atoms with Gasteiger partial charge in [-0.05, 0) is 61.1 Å². The van der Waals surface area contributed by atoms with Crippen molar-refractivity contribution < 1.29 is 14.3 Å². The number of unbranched alkanes of at least 4 members (excludes halogenated alkanes) is 1.